The first-order valence-corrected chi connectivity index (χ1v) is 11.5. The van der Waals surface area contributed by atoms with E-state index in [-0.39, 0.29) is 11.9 Å². The number of carbonyl (C=O) groups excluding carboxylic acids is 1. The molecule has 1 aliphatic rings. The van der Waals surface area contributed by atoms with E-state index in [0.29, 0.717) is 18.7 Å². The molecule has 1 amide bonds. The summed E-state index contributed by atoms with van der Waals surface area (Å²) in [5.74, 6) is 1.27. The van der Waals surface area contributed by atoms with Crippen LogP contribution < -0.4 is 4.74 Å². The van der Waals surface area contributed by atoms with Crippen LogP contribution in [0.5, 0.6) is 5.75 Å². The van der Waals surface area contributed by atoms with E-state index in [2.05, 4.69) is 4.98 Å². The molecule has 1 aromatic heterocycles. The fourth-order valence-corrected chi connectivity index (χ4v) is 4.72. The zero-order valence-electron chi connectivity index (χ0n) is 17.3. The topological polar surface area (TPSA) is 59.5 Å². The molecule has 0 N–H and O–H groups in total. The van der Waals surface area contributed by atoms with E-state index in [0.717, 1.165) is 28.0 Å². The number of ether oxygens (including phenoxy) is 1. The highest BCUT2D eigenvalue weighted by molar-refractivity contribution is 7.88. The second-order valence-corrected chi connectivity index (χ2v) is 8.79. The molecule has 0 fully saturated rings. The van der Waals surface area contributed by atoms with Gasteiger partial charge in [0, 0.05) is 35.1 Å². The number of nitrogens with zero attached hydrogens (tertiary/aromatic N) is 2. The molecule has 0 spiro atoms. The highest BCUT2D eigenvalue weighted by atomic mass is 32.2. The van der Waals surface area contributed by atoms with Crippen LogP contribution in [0.1, 0.15) is 11.1 Å². The van der Waals surface area contributed by atoms with Crippen LogP contribution >= 0.6 is 0 Å². The highest BCUT2D eigenvalue weighted by Gasteiger charge is 2.26. The third-order valence-corrected chi connectivity index (χ3v) is 6.45. The zero-order chi connectivity index (χ0) is 21.6. The van der Waals surface area contributed by atoms with Crippen LogP contribution in [0.2, 0.25) is 0 Å². The van der Waals surface area contributed by atoms with Gasteiger partial charge in [-0.2, -0.15) is 0 Å². The van der Waals surface area contributed by atoms with E-state index >= 15 is 0 Å². The lowest BCUT2D eigenvalue weighted by atomic mass is 10.0. The second kappa shape index (κ2) is 9.71. The fraction of sp³-hybridized carbons (Fsp3) is 0.200. The Kier molecular flexibility index (Phi) is 6.57. The van der Waals surface area contributed by atoms with Gasteiger partial charge in [0.2, 0.25) is 5.91 Å². The molecule has 2 aromatic carbocycles. The Morgan fingerprint density at radius 3 is 2.52 bits per heavy atom. The summed E-state index contributed by atoms with van der Waals surface area (Å²) in [6.45, 7) is 0.468. The fourth-order valence-electron chi connectivity index (χ4n) is 3.62. The third kappa shape index (κ3) is 5.27. The van der Waals surface area contributed by atoms with Gasteiger partial charge in [0.05, 0.1) is 25.3 Å². The van der Waals surface area contributed by atoms with E-state index in [9.17, 15) is 9.00 Å². The summed E-state index contributed by atoms with van der Waals surface area (Å²) in [4.78, 5) is 19.1. The maximum Gasteiger partial charge on any atom is 0.227 e. The molecule has 0 aliphatic carbocycles. The molecule has 2 heterocycles. The van der Waals surface area contributed by atoms with Gasteiger partial charge in [-0.15, -0.1) is 0 Å². The van der Waals surface area contributed by atoms with Crippen molar-refractivity contribution in [1.29, 1.82) is 0 Å². The van der Waals surface area contributed by atoms with Gasteiger partial charge in [-0.3, -0.25) is 14.0 Å². The van der Waals surface area contributed by atoms with Crippen molar-refractivity contribution in [3.63, 3.8) is 0 Å². The molecule has 0 radical (unpaired) electrons. The van der Waals surface area contributed by atoms with Crippen LogP contribution in [0, 0.1) is 0 Å². The van der Waals surface area contributed by atoms with Crippen LogP contribution in [-0.2, 0) is 28.6 Å². The smallest absolute Gasteiger partial charge is 0.227 e. The van der Waals surface area contributed by atoms with Crippen molar-refractivity contribution < 1.29 is 13.7 Å². The Bertz CT molecular complexity index is 1100. The molecule has 0 saturated heterocycles. The summed E-state index contributed by atoms with van der Waals surface area (Å²) in [5, 5.41) is 1.68. The first-order valence-electron chi connectivity index (χ1n) is 10.1. The predicted octanol–water partition coefficient (Wildman–Crippen LogP) is 3.97. The normalized spacial score (nSPS) is 17.5. The summed E-state index contributed by atoms with van der Waals surface area (Å²) in [7, 11) is 0.635. The van der Waals surface area contributed by atoms with Crippen LogP contribution in [0.4, 0.5) is 0 Å². The monoisotopic (exact) mass is 432 g/mol. The van der Waals surface area contributed by atoms with Crippen molar-refractivity contribution in [2.24, 2.45) is 0 Å². The summed E-state index contributed by atoms with van der Waals surface area (Å²) in [5.41, 5.74) is 4.08. The Balaban J connectivity index is 1.50. The number of hydrogen-bond donors (Lipinski definition) is 0. The quantitative estimate of drug-likeness (QED) is 0.567. The average Bonchev–Trinajstić information content (AvgIpc) is 3.24. The number of pyridine rings is 1. The Labute approximate surface area is 184 Å². The third-order valence-electron chi connectivity index (χ3n) is 5.32. The highest BCUT2D eigenvalue weighted by Crippen LogP contribution is 2.24. The molecule has 3 aromatic rings. The molecule has 2 unspecified atom stereocenters. The molecule has 0 saturated carbocycles. The van der Waals surface area contributed by atoms with Crippen LogP contribution in [0.15, 0.2) is 84.5 Å². The second-order valence-electron chi connectivity index (χ2n) is 7.43. The van der Waals surface area contributed by atoms with Gasteiger partial charge in [0.25, 0.3) is 0 Å². The molecule has 0 bridgehead atoms. The summed E-state index contributed by atoms with van der Waals surface area (Å²) >= 11 is 0. The van der Waals surface area contributed by atoms with Crippen molar-refractivity contribution in [1.82, 2.24) is 9.88 Å². The number of carbonyl (C=O) groups is 1. The van der Waals surface area contributed by atoms with Gasteiger partial charge >= 0.3 is 0 Å². The molecule has 5 nitrogen and oxygen atoms in total. The molecule has 158 valence electrons. The Morgan fingerprint density at radius 2 is 1.84 bits per heavy atom. The molecule has 31 heavy (non-hydrogen) atoms. The average molecular weight is 433 g/mol. The minimum Gasteiger partial charge on any atom is -0.497 e. The van der Waals surface area contributed by atoms with Crippen LogP contribution in [0.25, 0.3) is 11.1 Å². The van der Waals surface area contributed by atoms with Gasteiger partial charge in [0.15, 0.2) is 0 Å². The van der Waals surface area contributed by atoms with E-state index in [1.165, 1.54) is 0 Å². The maximum atomic E-state index is 13.2. The zero-order valence-corrected chi connectivity index (χ0v) is 18.1. The molecular weight excluding hydrogens is 408 g/mol. The van der Waals surface area contributed by atoms with Crippen molar-refractivity contribution in [2.75, 3.05) is 12.9 Å². The van der Waals surface area contributed by atoms with Gasteiger partial charge in [-0.25, -0.2) is 0 Å². The lowest BCUT2D eigenvalue weighted by molar-refractivity contribution is -0.132. The Morgan fingerprint density at radius 1 is 1.06 bits per heavy atom. The molecular formula is C25H24N2O3S. The maximum absolute atomic E-state index is 13.2. The van der Waals surface area contributed by atoms with Crippen molar-refractivity contribution >= 4 is 16.7 Å². The predicted molar refractivity (Wildman–Crippen MR) is 123 cm³/mol. The largest absolute Gasteiger partial charge is 0.497 e. The summed E-state index contributed by atoms with van der Waals surface area (Å²) < 4.78 is 17.2. The van der Waals surface area contributed by atoms with E-state index in [1.54, 1.807) is 24.9 Å². The van der Waals surface area contributed by atoms with E-state index in [1.807, 2.05) is 71.6 Å². The lowest BCUT2D eigenvalue weighted by Gasteiger charge is -2.28. The SMILES string of the molecule is COc1cccc(-c2ccc(CC(=O)N(Cc3ccncc3)C3C=CS(=O)C3)cc2)c1. The van der Waals surface area contributed by atoms with Gasteiger partial charge in [0.1, 0.15) is 5.75 Å². The number of rotatable bonds is 7. The molecule has 6 heteroatoms. The lowest BCUT2D eigenvalue weighted by Crippen LogP contribution is -2.40. The van der Waals surface area contributed by atoms with E-state index < -0.39 is 10.8 Å². The van der Waals surface area contributed by atoms with E-state index in [4.69, 9.17) is 4.74 Å². The van der Waals surface area contributed by atoms with Gasteiger partial charge < -0.3 is 9.64 Å². The van der Waals surface area contributed by atoms with Crippen molar-refractivity contribution in [2.45, 2.75) is 19.0 Å². The van der Waals surface area contributed by atoms with Crippen molar-refractivity contribution in [3.8, 4) is 16.9 Å². The first kappa shape index (κ1) is 21.0. The first-order chi connectivity index (χ1) is 15.1. The molecule has 2 atom stereocenters. The van der Waals surface area contributed by atoms with Crippen LogP contribution in [-0.4, -0.2) is 38.9 Å². The van der Waals surface area contributed by atoms with Gasteiger partial charge in [-0.1, -0.05) is 42.5 Å². The summed E-state index contributed by atoms with van der Waals surface area (Å²) in [6, 6.07) is 19.6. The minimum atomic E-state index is -1.02. The minimum absolute atomic E-state index is 0.0134. The van der Waals surface area contributed by atoms with Crippen molar-refractivity contribution in [3.05, 3.63) is 95.7 Å². The summed E-state index contributed by atoms with van der Waals surface area (Å²) in [6.07, 6.45) is 5.61. The Hall–Kier alpha value is -3.25. The number of hydrogen-bond acceptors (Lipinski definition) is 4. The number of benzene rings is 2. The molecule has 4 rings (SSSR count). The number of methoxy groups -OCH3 is 1. The number of aromatic nitrogens is 1. The number of amides is 1. The van der Waals surface area contributed by atoms with Crippen LogP contribution in [0.3, 0.4) is 0 Å². The molecule has 1 aliphatic heterocycles. The standard InChI is InChI=1S/C25H24N2O3S/c1-30-24-4-2-3-22(16-24)21-7-5-19(6-8-21)15-25(28)27(23-11-14-31(29)18-23)17-20-9-12-26-13-10-20/h2-14,16,23H,15,17-18H2,1H3. The van der Waals surface area contributed by atoms with Gasteiger partial charge in [-0.05, 0) is 46.5 Å².